The molecule has 0 bridgehead atoms. The predicted octanol–water partition coefficient (Wildman–Crippen LogP) is 4.75. The van der Waals surface area contributed by atoms with Gasteiger partial charge in [-0.25, -0.2) is 8.78 Å². The molecule has 1 aromatic rings. The minimum atomic E-state index is -0.678. The normalized spacial score (nSPS) is 23.3. The molecule has 1 saturated carbocycles. The van der Waals surface area contributed by atoms with Crippen molar-refractivity contribution in [3.05, 3.63) is 35.4 Å². The number of carbonyl (C=O) groups is 1. The number of carbonyl (C=O) groups excluding carboxylic acids is 1. The zero-order valence-electron chi connectivity index (χ0n) is 11.3. The van der Waals surface area contributed by atoms with Crippen LogP contribution in [0, 0.1) is 23.5 Å². The van der Waals surface area contributed by atoms with Gasteiger partial charge in [0.05, 0.1) is 0 Å². The summed E-state index contributed by atoms with van der Waals surface area (Å²) < 4.78 is 26.3. The van der Waals surface area contributed by atoms with Gasteiger partial charge < -0.3 is 0 Å². The largest absolute Gasteiger partial charge is 0.294 e. The van der Waals surface area contributed by atoms with E-state index in [2.05, 4.69) is 6.92 Å². The molecule has 0 aromatic heterocycles. The molecule has 0 amide bonds. The van der Waals surface area contributed by atoms with E-state index in [0.717, 1.165) is 49.8 Å². The Kier molecular flexibility index (Phi) is 4.67. The summed E-state index contributed by atoms with van der Waals surface area (Å²) in [7, 11) is 0. The van der Waals surface area contributed by atoms with E-state index in [4.69, 9.17) is 0 Å². The molecule has 0 unspecified atom stereocenters. The lowest BCUT2D eigenvalue weighted by molar-refractivity contribution is 0.0869. The van der Waals surface area contributed by atoms with Gasteiger partial charge in [0.25, 0.3) is 0 Å². The Morgan fingerprint density at radius 2 is 1.68 bits per heavy atom. The Balaban J connectivity index is 2.01. The van der Waals surface area contributed by atoms with Gasteiger partial charge in [0.15, 0.2) is 5.78 Å². The van der Waals surface area contributed by atoms with Crippen LogP contribution in [0.4, 0.5) is 8.78 Å². The molecule has 1 aliphatic carbocycles. The van der Waals surface area contributed by atoms with Crippen LogP contribution < -0.4 is 0 Å². The second-order valence-corrected chi connectivity index (χ2v) is 5.53. The Labute approximate surface area is 113 Å². The first-order valence-corrected chi connectivity index (χ1v) is 7.10. The van der Waals surface area contributed by atoms with Crippen molar-refractivity contribution in [3.8, 4) is 0 Å². The molecule has 2 rings (SSSR count). The molecule has 0 heterocycles. The van der Waals surface area contributed by atoms with E-state index in [1.165, 1.54) is 12.8 Å². The van der Waals surface area contributed by atoms with Gasteiger partial charge in [0.2, 0.25) is 0 Å². The number of hydrogen-bond acceptors (Lipinski definition) is 1. The molecule has 0 N–H and O–H groups in total. The molecule has 1 fully saturated rings. The molecular weight excluding hydrogens is 246 g/mol. The van der Waals surface area contributed by atoms with Crippen molar-refractivity contribution in [2.75, 3.05) is 0 Å². The summed E-state index contributed by atoms with van der Waals surface area (Å²) in [4.78, 5) is 12.2. The van der Waals surface area contributed by atoms with Crippen LogP contribution in [0.25, 0.3) is 0 Å². The van der Waals surface area contributed by atoms with Crippen LogP contribution in [-0.2, 0) is 0 Å². The van der Waals surface area contributed by atoms with Crippen molar-refractivity contribution < 1.29 is 13.6 Å². The van der Waals surface area contributed by atoms with E-state index in [1.54, 1.807) is 0 Å². The summed E-state index contributed by atoms with van der Waals surface area (Å²) in [5.41, 5.74) is 0.177. The number of hydrogen-bond donors (Lipinski definition) is 0. The maximum absolute atomic E-state index is 13.1. The van der Waals surface area contributed by atoms with E-state index in [-0.39, 0.29) is 17.3 Å². The zero-order chi connectivity index (χ0) is 13.8. The first-order valence-electron chi connectivity index (χ1n) is 7.10. The molecule has 0 radical (unpaired) electrons. The Morgan fingerprint density at radius 3 is 2.21 bits per heavy atom. The first kappa shape index (κ1) is 14.2. The van der Waals surface area contributed by atoms with Gasteiger partial charge in [-0.05, 0) is 43.7 Å². The third-order valence-electron chi connectivity index (χ3n) is 4.06. The molecule has 104 valence electrons. The monoisotopic (exact) mass is 266 g/mol. The van der Waals surface area contributed by atoms with E-state index < -0.39 is 11.6 Å². The standard InChI is InChI=1S/C16H20F2O/c1-2-3-11-4-6-12(7-5-11)16(19)13-8-14(17)10-15(18)9-13/h8-12H,2-7H2,1H3. The molecule has 1 nitrogen and oxygen atoms in total. The second kappa shape index (κ2) is 6.27. The quantitative estimate of drug-likeness (QED) is 0.718. The van der Waals surface area contributed by atoms with Gasteiger partial charge in [0, 0.05) is 17.5 Å². The van der Waals surface area contributed by atoms with Crippen LogP contribution in [0.2, 0.25) is 0 Å². The Hall–Kier alpha value is -1.25. The average molecular weight is 266 g/mol. The topological polar surface area (TPSA) is 17.1 Å². The lowest BCUT2D eigenvalue weighted by atomic mass is 9.77. The first-order chi connectivity index (χ1) is 9.10. The van der Waals surface area contributed by atoms with Crippen molar-refractivity contribution in [3.63, 3.8) is 0 Å². The Morgan fingerprint density at radius 1 is 1.11 bits per heavy atom. The summed E-state index contributed by atoms with van der Waals surface area (Å²) >= 11 is 0. The van der Waals surface area contributed by atoms with Crippen LogP contribution in [0.5, 0.6) is 0 Å². The van der Waals surface area contributed by atoms with Crippen LogP contribution in [0.3, 0.4) is 0 Å². The number of Topliss-reactive ketones (excluding diaryl/α,β-unsaturated/α-hetero) is 1. The molecule has 0 saturated heterocycles. The molecule has 19 heavy (non-hydrogen) atoms. The van der Waals surface area contributed by atoms with Crippen LogP contribution in [-0.4, -0.2) is 5.78 Å². The minimum absolute atomic E-state index is 0.0608. The van der Waals surface area contributed by atoms with Crippen molar-refractivity contribution in [1.29, 1.82) is 0 Å². The second-order valence-electron chi connectivity index (χ2n) is 5.53. The summed E-state index contributed by atoms with van der Waals surface area (Å²) in [6.07, 6.45) is 6.21. The van der Waals surface area contributed by atoms with E-state index >= 15 is 0 Å². The van der Waals surface area contributed by atoms with E-state index in [9.17, 15) is 13.6 Å². The van der Waals surface area contributed by atoms with E-state index in [0.29, 0.717) is 0 Å². The lowest BCUT2D eigenvalue weighted by Crippen LogP contribution is -2.22. The summed E-state index contributed by atoms with van der Waals surface area (Å²) in [5.74, 6) is -0.799. The van der Waals surface area contributed by atoms with Gasteiger partial charge in [-0.15, -0.1) is 0 Å². The molecule has 0 aliphatic heterocycles. The number of benzene rings is 1. The molecule has 3 heteroatoms. The highest BCUT2D eigenvalue weighted by atomic mass is 19.1. The third-order valence-corrected chi connectivity index (χ3v) is 4.06. The van der Waals surface area contributed by atoms with Crippen LogP contribution in [0.15, 0.2) is 18.2 Å². The highest BCUT2D eigenvalue weighted by molar-refractivity contribution is 5.97. The fourth-order valence-corrected chi connectivity index (χ4v) is 3.05. The average Bonchev–Trinajstić information content (AvgIpc) is 2.38. The van der Waals surface area contributed by atoms with Crippen molar-refractivity contribution >= 4 is 5.78 Å². The molecule has 0 spiro atoms. The van der Waals surface area contributed by atoms with Crippen molar-refractivity contribution in [2.45, 2.75) is 45.4 Å². The minimum Gasteiger partial charge on any atom is -0.294 e. The number of rotatable bonds is 4. The smallest absolute Gasteiger partial charge is 0.166 e. The zero-order valence-corrected chi connectivity index (χ0v) is 11.3. The van der Waals surface area contributed by atoms with Gasteiger partial charge in [-0.1, -0.05) is 19.8 Å². The fourth-order valence-electron chi connectivity index (χ4n) is 3.05. The van der Waals surface area contributed by atoms with Gasteiger partial charge >= 0.3 is 0 Å². The summed E-state index contributed by atoms with van der Waals surface area (Å²) in [6, 6.07) is 3.09. The molecule has 1 aliphatic rings. The highest BCUT2D eigenvalue weighted by Crippen LogP contribution is 2.33. The Bertz CT molecular complexity index is 428. The molecule has 1 aromatic carbocycles. The highest BCUT2D eigenvalue weighted by Gasteiger charge is 2.27. The number of halogens is 2. The maximum Gasteiger partial charge on any atom is 0.166 e. The van der Waals surface area contributed by atoms with Gasteiger partial charge in [-0.3, -0.25) is 4.79 Å². The van der Waals surface area contributed by atoms with Gasteiger partial charge in [-0.2, -0.15) is 0 Å². The maximum atomic E-state index is 13.1. The van der Waals surface area contributed by atoms with Crippen LogP contribution >= 0.6 is 0 Å². The lowest BCUT2D eigenvalue weighted by Gasteiger charge is -2.27. The van der Waals surface area contributed by atoms with E-state index in [1.807, 2.05) is 0 Å². The molecular formula is C16H20F2O. The molecule has 0 atom stereocenters. The number of ketones is 1. The van der Waals surface area contributed by atoms with Crippen molar-refractivity contribution in [1.82, 2.24) is 0 Å². The SMILES string of the molecule is CCCC1CCC(C(=O)c2cc(F)cc(F)c2)CC1. The summed E-state index contributed by atoms with van der Waals surface area (Å²) in [6.45, 7) is 2.17. The summed E-state index contributed by atoms with van der Waals surface area (Å²) in [5, 5.41) is 0. The predicted molar refractivity (Wildman–Crippen MR) is 71.0 cm³/mol. The van der Waals surface area contributed by atoms with Crippen LogP contribution in [0.1, 0.15) is 55.8 Å². The van der Waals surface area contributed by atoms with Gasteiger partial charge in [0.1, 0.15) is 11.6 Å². The third kappa shape index (κ3) is 3.62. The van der Waals surface area contributed by atoms with Crippen molar-refractivity contribution in [2.24, 2.45) is 11.8 Å². The fraction of sp³-hybridized carbons (Fsp3) is 0.562.